The van der Waals surface area contributed by atoms with Gasteiger partial charge in [-0.1, -0.05) is 84.9 Å². The second-order valence-electron chi connectivity index (χ2n) is 8.18. The third kappa shape index (κ3) is 8.23. The van der Waals surface area contributed by atoms with E-state index in [1.54, 1.807) is 60.7 Å². The van der Waals surface area contributed by atoms with E-state index in [2.05, 4.69) is 15.8 Å². The summed E-state index contributed by atoms with van der Waals surface area (Å²) in [4.78, 5) is 37.5. The number of hydrazone groups is 1. The van der Waals surface area contributed by atoms with Gasteiger partial charge in [-0.2, -0.15) is 5.10 Å². The summed E-state index contributed by atoms with van der Waals surface area (Å²) in [5.74, 6) is -1.15. The van der Waals surface area contributed by atoms with Crippen molar-refractivity contribution in [1.82, 2.24) is 5.43 Å². The van der Waals surface area contributed by atoms with Crippen molar-refractivity contribution >= 4 is 41.8 Å². The number of carbonyl (C=O) groups excluding carboxylic acids is 3. The van der Waals surface area contributed by atoms with Crippen molar-refractivity contribution in [3.63, 3.8) is 0 Å². The minimum atomic E-state index is -0.547. The Balaban J connectivity index is 1.38. The first kappa shape index (κ1) is 26.5. The second kappa shape index (κ2) is 13.7. The van der Waals surface area contributed by atoms with Gasteiger partial charge < -0.3 is 10.1 Å². The van der Waals surface area contributed by atoms with E-state index in [9.17, 15) is 14.4 Å². The molecule has 0 atom stereocenters. The van der Waals surface area contributed by atoms with Crippen LogP contribution in [0.2, 0.25) is 0 Å². The van der Waals surface area contributed by atoms with Crippen LogP contribution in [0.3, 0.4) is 0 Å². The van der Waals surface area contributed by atoms with Gasteiger partial charge in [0.15, 0.2) is 0 Å². The summed E-state index contributed by atoms with van der Waals surface area (Å²) in [5.41, 5.74) is 5.28. The number of hydrogen-bond donors (Lipinski definition) is 2. The molecule has 0 unspecified atom stereocenters. The van der Waals surface area contributed by atoms with Gasteiger partial charge in [0, 0.05) is 17.7 Å². The van der Waals surface area contributed by atoms with Crippen LogP contribution < -0.4 is 15.5 Å². The normalized spacial score (nSPS) is 11.1. The number of carbonyl (C=O) groups is 3. The molecule has 0 heterocycles. The van der Waals surface area contributed by atoms with E-state index in [-0.39, 0.29) is 17.2 Å². The van der Waals surface area contributed by atoms with E-state index in [1.807, 2.05) is 60.7 Å². The number of esters is 1. The Morgan fingerprint density at radius 2 is 1.26 bits per heavy atom. The fraction of sp³-hybridized carbons (Fsp3) is 0. The number of rotatable bonds is 9. The number of para-hydroxylation sites is 2. The van der Waals surface area contributed by atoms with Gasteiger partial charge >= 0.3 is 5.97 Å². The molecular formula is C32H25N3O4. The number of anilines is 1. The molecule has 39 heavy (non-hydrogen) atoms. The maximum Gasteiger partial charge on any atom is 0.336 e. The first-order valence-corrected chi connectivity index (χ1v) is 12.1. The van der Waals surface area contributed by atoms with Crippen molar-refractivity contribution in [3.8, 4) is 5.75 Å². The van der Waals surface area contributed by atoms with E-state index < -0.39 is 11.9 Å². The van der Waals surface area contributed by atoms with Gasteiger partial charge in [-0.05, 0) is 47.5 Å². The van der Waals surface area contributed by atoms with Crippen LogP contribution in [-0.2, 0) is 9.59 Å². The lowest BCUT2D eigenvalue weighted by Crippen LogP contribution is -2.20. The average molecular weight is 516 g/mol. The molecule has 0 aliphatic carbocycles. The average Bonchev–Trinajstić information content (AvgIpc) is 2.97. The SMILES string of the molecule is O=C(/C=C/c1ccccc1)Nc1ccccc1C(=O)N/N=C\c1ccccc1OC(=O)/C=C/c1ccccc1. The maximum atomic E-state index is 12.8. The molecule has 0 spiro atoms. The maximum absolute atomic E-state index is 12.8. The highest BCUT2D eigenvalue weighted by Crippen LogP contribution is 2.17. The van der Waals surface area contributed by atoms with Gasteiger partial charge in [0.25, 0.3) is 5.91 Å². The minimum Gasteiger partial charge on any atom is -0.423 e. The third-order valence-electron chi connectivity index (χ3n) is 5.37. The van der Waals surface area contributed by atoms with Crippen LogP contribution in [0, 0.1) is 0 Å². The molecule has 4 rings (SSSR count). The summed E-state index contributed by atoms with van der Waals surface area (Å²) >= 11 is 0. The van der Waals surface area contributed by atoms with Gasteiger partial charge in [-0.15, -0.1) is 0 Å². The Kier molecular flexibility index (Phi) is 9.29. The van der Waals surface area contributed by atoms with Crippen LogP contribution in [0.1, 0.15) is 27.0 Å². The van der Waals surface area contributed by atoms with Crippen molar-refractivity contribution in [3.05, 3.63) is 144 Å². The Hall–Kier alpha value is -5.56. The molecule has 0 aromatic heterocycles. The van der Waals surface area contributed by atoms with Gasteiger partial charge in [0.05, 0.1) is 17.5 Å². The largest absolute Gasteiger partial charge is 0.423 e. The van der Waals surface area contributed by atoms with Crippen LogP contribution in [0.15, 0.2) is 126 Å². The molecule has 0 radical (unpaired) electrons. The van der Waals surface area contributed by atoms with Crippen molar-refractivity contribution in [2.45, 2.75) is 0 Å². The number of nitrogens with zero attached hydrogens (tertiary/aromatic N) is 1. The topological polar surface area (TPSA) is 96.9 Å². The van der Waals surface area contributed by atoms with E-state index in [0.29, 0.717) is 11.3 Å². The molecule has 0 saturated carbocycles. The Bertz CT molecular complexity index is 1530. The molecular weight excluding hydrogens is 490 g/mol. The van der Waals surface area contributed by atoms with Crippen molar-refractivity contribution in [2.75, 3.05) is 5.32 Å². The van der Waals surface area contributed by atoms with Gasteiger partial charge in [-0.3, -0.25) is 9.59 Å². The van der Waals surface area contributed by atoms with Crippen molar-refractivity contribution in [2.24, 2.45) is 5.10 Å². The molecule has 0 fully saturated rings. The van der Waals surface area contributed by atoms with E-state index >= 15 is 0 Å². The summed E-state index contributed by atoms with van der Waals surface area (Å²) in [6, 6.07) is 32.2. The highest BCUT2D eigenvalue weighted by atomic mass is 16.5. The van der Waals surface area contributed by atoms with Crippen LogP contribution >= 0.6 is 0 Å². The molecule has 2 amide bonds. The molecule has 7 nitrogen and oxygen atoms in total. The first-order valence-electron chi connectivity index (χ1n) is 12.1. The summed E-state index contributed by atoms with van der Waals surface area (Å²) in [5, 5.41) is 6.74. The Labute approximate surface area is 226 Å². The molecule has 0 aliphatic heterocycles. The van der Waals surface area contributed by atoms with E-state index in [1.165, 1.54) is 18.4 Å². The van der Waals surface area contributed by atoms with Crippen LogP contribution in [0.25, 0.3) is 12.2 Å². The second-order valence-corrected chi connectivity index (χ2v) is 8.18. The van der Waals surface area contributed by atoms with Crippen LogP contribution in [0.4, 0.5) is 5.69 Å². The lowest BCUT2D eigenvalue weighted by molar-refractivity contribution is -0.128. The summed E-state index contributed by atoms with van der Waals surface area (Å²) in [6.45, 7) is 0. The number of hydrogen-bond acceptors (Lipinski definition) is 5. The molecule has 0 aliphatic rings. The lowest BCUT2D eigenvalue weighted by Gasteiger charge is -2.09. The van der Waals surface area contributed by atoms with Gasteiger partial charge in [-0.25, -0.2) is 10.2 Å². The van der Waals surface area contributed by atoms with E-state index in [4.69, 9.17) is 4.74 Å². The molecule has 7 heteroatoms. The van der Waals surface area contributed by atoms with Crippen LogP contribution in [0.5, 0.6) is 5.75 Å². The van der Waals surface area contributed by atoms with Crippen LogP contribution in [-0.4, -0.2) is 24.0 Å². The van der Waals surface area contributed by atoms with Gasteiger partial charge in [0.2, 0.25) is 5.91 Å². The zero-order valence-electron chi connectivity index (χ0n) is 20.9. The number of nitrogens with one attached hydrogen (secondary N) is 2. The zero-order valence-corrected chi connectivity index (χ0v) is 20.9. The van der Waals surface area contributed by atoms with Crippen molar-refractivity contribution < 1.29 is 19.1 Å². The number of amides is 2. The van der Waals surface area contributed by atoms with E-state index in [0.717, 1.165) is 11.1 Å². The monoisotopic (exact) mass is 515 g/mol. The number of benzene rings is 4. The summed E-state index contributed by atoms with van der Waals surface area (Å²) in [7, 11) is 0. The molecule has 0 bridgehead atoms. The highest BCUT2D eigenvalue weighted by Gasteiger charge is 2.12. The predicted octanol–water partition coefficient (Wildman–Crippen LogP) is 5.72. The quantitative estimate of drug-likeness (QED) is 0.0979. The van der Waals surface area contributed by atoms with Crippen molar-refractivity contribution in [1.29, 1.82) is 0 Å². The third-order valence-corrected chi connectivity index (χ3v) is 5.37. The minimum absolute atomic E-state index is 0.238. The smallest absolute Gasteiger partial charge is 0.336 e. The molecule has 4 aromatic carbocycles. The number of ether oxygens (including phenoxy) is 1. The fourth-order valence-electron chi connectivity index (χ4n) is 3.47. The Morgan fingerprint density at radius 1 is 0.667 bits per heavy atom. The zero-order chi connectivity index (χ0) is 27.3. The molecule has 0 saturated heterocycles. The fourth-order valence-corrected chi connectivity index (χ4v) is 3.47. The standard InChI is InChI=1S/C32H25N3O4/c36-30(21-19-24-11-3-1-4-12-24)34-28-17-9-8-16-27(28)32(38)35-33-23-26-15-7-10-18-29(26)39-31(37)22-20-25-13-5-2-6-14-25/h1-23H,(H,34,36)(H,35,38)/b21-19+,22-20+,33-23-. The van der Waals surface area contributed by atoms with Gasteiger partial charge in [0.1, 0.15) is 5.75 Å². The molecule has 4 aromatic rings. The Morgan fingerprint density at radius 3 is 1.97 bits per heavy atom. The lowest BCUT2D eigenvalue weighted by atomic mass is 10.1. The predicted molar refractivity (Wildman–Crippen MR) is 153 cm³/mol. The first-order chi connectivity index (χ1) is 19.1. The summed E-state index contributed by atoms with van der Waals surface area (Å²) < 4.78 is 5.44. The highest BCUT2D eigenvalue weighted by molar-refractivity contribution is 6.07. The summed E-state index contributed by atoms with van der Waals surface area (Å²) in [6.07, 6.45) is 7.46. The molecule has 192 valence electrons. The molecule has 2 N–H and O–H groups in total.